The van der Waals surface area contributed by atoms with Gasteiger partial charge in [-0.15, -0.1) is 0 Å². The first kappa shape index (κ1) is 13.8. The van der Waals surface area contributed by atoms with Gasteiger partial charge in [0.05, 0.1) is 0 Å². The maximum atomic E-state index is 12.7. The van der Waals surface area contributed by atoms with E-state index >= 15 is 0 Å². The van der Waals surface area contributed by atoms with E-state index in [0.717, 1.165) is 28.2 Å². The summed E-state index contributed by atoms with van der Waals surface area (Å²) in [6, 6.07) is 14.4. The topological polar surface area (TPSA) is 29.1 Å². The average Bonchev–Trinajstić information content (AvgIpc) is 3.17. The molecule has 2 aromatic carbocycles. The van der Waals surface area contributed by atoms with E-state index in [1.54, 1.807) is 0 Å². The summed E-state index contributed by atoms with van der Waals surface area (Å²) in [6.45, 7) is 2.19. The molecule has 2 aromatic rings. The van der Waals surface area contributed by atoms with Crippen LogP contribution in [0.2, 0.25) is 0 Å². The van der Waals surface area contributed by atoms with Crippen LogP contribution in [0.15, 0.2) is 42.5 Å². The summed E-state index contributed by atoms with van der Waals surface area (Å²) in [7, 11) is 0. The van der Waals surface area contributed by atoms with Gasteiger partial charge in [-0.25, -0.2) is 0 Å². The monoisotopic (exact) mass is 293 g/mol. The number of carbonyl (C=O) groups excluding carboxylic acids is 1. The van der Waals surface area contributed by atoms with E-state index in [1.807, 2.05) is 30.3 Å². The highest BCUT2D eigenvalue weighted by molar-refractivity contribution is 6.07. The second kappa shape index (κ2) is 5.42. The minimum absolute atomic E-state index is 0.0760. The molecule has 0 radical (unpaired) electrons. The van der Waals surface area contributed by atoms with Gasteiger partial charge in [-0.05, 0) is 60.8 Å². The van der Waals surface area contributed by atoms with E-state index in [1.165, 1.54) is 25.7 Å². The van der Waals surface area contributed by atoms with E-state index < -0.39 is 0 Å². The van der Waals surface area contributed by atoms with Crippen LogP contribution < -0.4 is 5.32 Å². The van der Waals surface area contributed by atoms with Crippen LogP contribution in [0.1, 0.15) is 43.0 Å². The Bertz CT molecular complexity index is 702. The van der Waals surface area contributed by atoms with E-state index in [0.29, 0.717) is 5.92 Å². The van der Waals surface area contributed by atoms with Crippen molar-refractivity contribution in [2.24, 2.45) is 17.8 Å². The number of carbonyl (C=O) groups is 1. The third-order valence-electron chi connectivity index (χ3n) is 5.83. The number of nitrogens with one attached hydrogen (secondary N) is 1. The van der Waals surface area contributed by atoms with Gasteiger partial charge in [0.1, 0.15) is 0 Å². The molecule has 2 bridgehead atoms. The zero-order chi connectivity index (χ0) is 15.1. The molecule has 2 aliphatic carbocycles. The first-order chi connectivity index (χ1) is 10.7. The summed E-state index contributed by atoms with van der Waals surface area (Å²) in [5, 5.41) is 5.45. The Morgan fingerprint density at radius 1 is 1.09 bits per heavy atom. The molecule has 0 aliphatic heterocycles. The van der Waals surface area contributed by atoms with Crippen molar-refractivity contribution in [3.63, 3.8) is 0 Å². The lowest BCUT2D eigenvalue weighted by Crippen LogP contribution is -2.40. The van der Waals surface area contributed by atoms with Crippen molar-refractivity contribution in [2.75, 3.05) is 0 Å². The lowest BCUT2D eigenvalue weighted by atomic mass is 9.84. The van der Waals surface area contributed by atoms with Gasteiger partial charge in [-0.2, -0.15) is 0 Å². The van der Waals surface area contributed by atoms with Crippen molar-refractivity contribution < 1.29 is 4.79 Å². The van der Waals surface area contributed by atoms with E-state index in [9.17, 15) is 4.79 Å². The number of amides is 1. The molecule has 1 amide bonds. The Morgan fingerprint density at radius 3 is 2.68 bits per heavy atom. The van der Waals surface area contributed by atoms with Crippen LogP contribution in [0.4, 0.5) is 0 Å². The minimum Gasteiger partial charge on any atom is -0.349 e. The summed E-state index contributed by atoms with van der Waals surface area (Å²) in [6.07, 6.45) is 5.47. The normalized spacial score (nSPS) is 28.0. The van der Waals surface area contributed by atoms with Crippen LogP contribution in [-0.4, -0.2) is 11.9 Å². The Balaban J connectivity index is 1.54. The molecular formula is C20H23NO. The molecule has 2 nitrogen and oxygen atoms in total. The van der Waals surface area contributed by atoms with Gasteiger partial charge < -0.3 is 5.32 Å². The van der Waals surface area contributed by atoms with Crippen LogP contribution in [0.3, 0.4) is 0 Å². The summed E-state index contributed by atoms with van der Waals surface area (Å²) in [5.74, 6) is 2.52. The van der Waals surface area contributed by atoms with Crippen molar-refractivity contribution in [1.82, 2.24) is 5.32 Å². The predicted octanol–water partition coefficient (Wildman–Crippen LogP) is 4.39. The minimum atomic E-state index is 0.0760. The highest BCUT2D eigenvalue weighted by Crippen LogP contribution is 2.49. The Labute approximate surface area is 131 Å². The lowest BCUT2D eigenvalue weighted by molar-refractivity contribution is 0.0917. The first-order valence-electron chi connectivity index (χ1n) is 8.51. The molecule has 0 heterocycles. The zero-order valence-corrected chi connectivity index (χ0v) is 13.1. The van der Waals surface area contributed by atoms with Crippen LogP contribution in [0, 0.1) is 17.8 Å². The second-order valence-electron chi connectivity index (χ2n) is 7.13. The molecule has 114 valence electrons. The van der Waals surface area contributed by atoms with E-state index in [4.69, 9.17) is 0 Å². The molecule has 2 aliphatic rings. The Hall–Kier alpha value is -1.83. The fraction of sp³-hybridized carbons (Fsp3) is 0.450. The van der Waals surface area contributed by atoms with Crippen molar-refractivity contribution in [3.05, 3.63) is 48.0 Å². The molecule has 0 aromatic heterocycles. The molecule has 2 fully saturated rings. The fourth-order valence-electron chi connectivity index (χ4n) is 4.72. The van der Waals surface area contributed by atoms with Crippen LogP contribution in [0.5, 0.6) is 0 Å². The Morgan fingerprint density at radius 2 is 1.91 bits per heavy atom. The van der Waals surface area contributed by atoms with Crippen LogP contribution in [0.25, 0.3) is 10.8 Å². The van der Waals surface area contributed by atoms with Gasteiger partial charge in [-0.3, -0.25) is 4.79 Å². The molecule has 0 spiro atoms. The molecule has 2 heteroatoms. The van der Waals surface area contributed by atoms with Crippen LogP contribution >= 0.6 is 0 Å². The highest BCUT2D eigenvalue weighted by atomic mass is 16.1. The zero-order valence-electron chi connectivity index (χ0n) is 13.1. The molecule has 0 unspecified atom stereocenters. The third kappa shape index (κ3) is 2.31. The van der Waals surface area contributed by atoms with E-state index in [2.05, 4.69) is 24.4 Å². The molecule has 1 N–H and O–H groups in total. The first-order valence-corrected chi connectivity index (χ1v) is 8.51. The lowest BCUT2D eigenvalue weighted by Gasteiger charge is -2.28. The van der Waals surface area contributed by atoms with Gasteiger partial charge in [0.25, 0.3) is 5.91 Å². The molecule has 4 rings (SSSR count). The smallest absolute Gasteiger partial charge is 0.252 e. The SMILES string of the molecule is C[C@H](NC(=O)c1cccc2ccccc12)[C@@H]1C[C@H]2CC[C@H]1C2. The van der Waals surface area contributed by atoms with Crippen LogP contribution in [-0.2, 0) is 0 Å². The van der Waals surface area contributed by atoms with Gasteiger partial charge in [0, 0.05) is 11.6 Å². The summed E-state index contributed by atoms with van der Waals surface area (Å²) in [4.78, 5) is 12.7. The average molecular weight is 293 g/mol. The quantitative estimate of drug-likeness (QED) is 0.893. The van der Waals surface area contributed by atoms with Gasteiger partial charge in [-0.1, -0.05) is 42.8 Å². The highest BCUT2D eigenvalue weighted by Gasteiger charge is 2.42. The maximum absolute atomic E-state index is 12.7. The molecule has 22 heavy (non-hydrogen) atoms. The third-order valence-corrected chi connectivity index (χ3v) is 5.83. The number of rotatable bonds is 3. The van der Waals surface area contributed by atoms with Gasteiger partial charge in [0.2, 0.25) is 0 Å². The predicted molar refractivity (Wildman–Crippen MR) is 89.8 cm³/mol. The van der Waals surface area contributed by atoms with E-state index in [-0.39, 0.29) is 11.9 Å². The number of hydrogen-bond donors (Lipinski definition) is 1. The molecule has 0 saturated heterocycles. The summed E-state index contributed by atoms with van der Waals surface area (Å²) in [5.41, 5.74) is 0.799. The van der Waals surface area contributed by atoms with Crippen molar-refractivity contribution >= 4 is 16.7 Å². The number of hydrogen-bond acceptors (Lipinski definition) is 1. The van der Waals surface area contributed by atoms with Crippen molar-refractivity contribution in [1.29, 1.82) is 0 Å². The fourth-order valence-corrected chi connectivity index (χ4v) is 4.72. The second-order valence-corrected chi connectivity index (χ2v) is 7.13. The maximum Gasteiger partial charge on any atom is 0.252 e. The molecule has 2 saturated carbocycles. The van der Waals surface area contributed by atoms with Gasteiger partial charge >= 0.3 is 0 Å². The van der Waals surface area contributed by atoms with Crippen molar-refractivity contribution in [3.8, 4) is 0 Å². The van der Waals surface area contributed by atoms with Crippen molar-refractivity contribution in [2.45, 2.75) is 38.6 Å². The number of benzene rings is 2. The van der Waals surface area contributed by atoms with Gasteiger partial charge in [0.15, 0.2) is 0 Å². The summed E-state index contributed by atoms with van der Waals surface area (Å²) < 4.78 is 0. The Kier molecular flexibility index (Phi) is 3.40. The molecular weight excluding hydrogens is 270 g/mol. The largest absolute Gasteiger partial charge is 0.349 e. The molecule has 4 atom stereocenters. The number of fused-ring (bicyclic) bond motifs is 3. The standard InChI is InChI=1S/C20H23NO/c1-13(19-12-14-9-10-16(19)11-14)21-20(22)18-8-4-6-15-5-2-3-7-17(15)18/h2-8,13-14,16,19H,9-12H2,1H3,(H,21,22)/t13-,14-,16-,19-/m0/s1. The summed E-state index contributed by atoms with van der Waals surface area (Å²) >= 11 is 0.